The number of carboxylic acid groups (broad SMARTS) is 1. The largest absolute Gasteiger partial charge is 0.478 e. The lowest BCUT2D eigenvalue weighted by Crippen LogP contribution is -2.12. The summed E-state index contributed by atoms with van der Waals surface area (Å²) in [4.78, 5) is 25.2. The Hall–Kier alpha value is -4.30. The van der Waals surface area contributed by atoms with Gasteiger partial charge in [0, 0.05) is 16.8 Å². The molecule has 0 spiro atoms. The van der Waals surface area contributed by atoms with Gasteiger partial charge in [0.05, 0.1) is 22.5 Å². The maximum atomic E-state index is 13.5. The lowest BCUT2D eigenvalue weighted by molar-refractivity contribution is 0.0698. The van der Waals surface area contributed by atoms with Crippen molar-refractivity contribution in [2.45, 2.75) is 13.8 Å². The minimum absolute atomic E-state index is 0.000844. The molecule has 34 heavy (non-hydrogen) atoms. The number of hydrogen-bond donors (Lipinski definition) is 2. The second-order valence-electron chi connectivity index (χ2n) is 7.64. The average Bonchev–Trinajstić information content (AvgIpc) is 3.29. The number of aromatic carboxylic acids is 1. The molecule has 0 unspecified atom stereocenters. The van der Waals surface area contributed by atoms with Crippen molar-refractivity contribution in [3.05, 3.63) is 106 Å². The molecule has 3 aromatic carbocycles. The lowest BCUT2D eigenvalue weighted by atomic mass is 10.0. The first-order chi connectivity index (χ1) is 16.3. The van der Waals surface area contributed by atoms with Gasteiger partial charge in [0.15, 0.2) is 11.6 Å². The highest BCUT2D eigenvalue weighted by atomic mass is 35.5. The monoisotopic (exact) mass is 473 g/mol. The zero-order valence-electron chi connectivity index (χ0n) is 18.4. The van der Waals surface area contributed by atoms with Crippen molar-refractivity contribution >= 4 is 34.6 Å². The summed E-state index contributed by atoms with van der Waals surface area (Å²) in [5.41, 5.74) is 3.54. The molecule has 4 rings (SSSR count). The van der Waals surface area contributed by atoms with Crippen LogP contribution >= 0.6 is 11.6 Å². The predicted octanol–water partition coefficient (Wildman–Crippen LogP) is 4.97. The van der Waals surface area contributed by atoms with E-state index in [1.807, 2.05) is 50.2 Å². The number of anilines is 1. The van der Waals surface area contributed by atoms with E-state index in [0.717, 1.165) is 11.1 Å². The Labute approximate surface area is 200 Å². The molecule has 4 aromatic rings. The molecule has 0 fully saturated rings. The van der Waals surface area contributed by atoms with Crippen LogP contribution in [0.2, 0.25) is 5.02 Å². The van der Waals surface area contributed by atoms with Crippen LogP contribution in [0.15, 0.2) is 72.9 Å². The Morgan fingerprint density at radius 2 is 1.62 bits per heavy atom. The average molecular weight is 474 g/mol. The maximum absolute atomic E-state index is 13.5. The summed E-state index contributed by atoms with van der Waals surface area (Å²) in [5.74, 6) is -1.28. The van der Waals surface area contributed by atoms with Crippen molar-refractivity contribution in [3.63, 3.8) is 0 Å². The van der Waals surface area contributed by atoms with Gasteiger partial charge >= 0.3 is 5.97 Å². The Balaban J connectivity index is 1.83. The summed E-state index contributed by atoms with van der Waals surface area (Å²) in [6.45, 7) is 3.89. The van der Waals surface area contributed by atoms with Crippen LogP contribution < -0.4 is 5.32 Å². The van der Waals surface area contributed by atoms with Gasteiger partial charge in [-0.15, -0.1) is 5.10 Å². The summed E-state index contributed by atoms with van der Waals surface area (Å²) in [5, 5.41) is 24.7. The fourth-order valence-electron chi connectivity index (χ4n) is 3.28. The number of ketones is 1. The van der Waals surface area contributed by atoms with Gasteiger partial charge in [0.2, 0.25) is 0 Å². The van der Waals surface area contributed by atoms with Gasteiger partial charge in [-0.25, -0.2) is 4.79 Å². The molecular weight excluding hydrogens is 454 g/mol. The fourth-order valence-corrected chi connectivity index (χ4v) is 3.45. The number of aryl methyl sites for hydroxylation is 2. The molecule has 0 amide bonds. The van der Waals surface area contributed by atoms with E-state index in [1.165, 1.54) is 29.1 Å². The highest BCUT2D eigenvalue weighted by molar-refractivity contribution is 6.31. The van der Waals surface area contributed by atoms with Crippen LogP contribution in [-0.4, -0.2) is 37.1 Å². The molecule has 1 heterocycles. The molecule has 8 nitrogen and oxygen atoms in total. The van der Waals surface area contributed by atoms with E-state index >= 15 is 0 Å². The highest BCUT2D eigenvalue weighted by Crippen LogP contribution is 2.25. The first-order valence-corrected chi connectivity index (χ1v) is 10.7. The predicted molar refractivity (Wildman–Crippen MR) is 129 cm³/mol. The van der Waals surface area contributed by atoms with Gasteiger partial charge in [0.25, 0.3) is 0 Å². The highest BCUT2D eigenvalue weighted by Gasteiger charge is 2.22. The van der Waals surface area contributed by atoms with Crippen LogP contribution in [0.25, 0.3) is 11.3 Å². The quantitative estimate of drug-likeness (QED) is 0.288. The molecule has 0 saturated heterocycles. The normalized spacial score (nSPS) is 11.3. The molecule has 9 heteroatoms. The summed E-state index contributed by atoms with van der Waals surface area (Å²) in [6.07, 6.45) is 1.40. The van der Waals surface area contributed by atoms with E-state index < -0.39 is 5.97 Å². The molecule has 0 radical (unpaired) electrons. The topological polar surface area (TPSA) is 110 Å². The van der Waals surface area contributed by atoms with Gasteiger partial charge in [-0.05, 0) is 54.6 Å². The van der Waals surface area contributed by atoms with Gasteiger partial charge < -0.3 is 10.4 Å². The van der Waals surface area contributed by atoms with Crippen molar-refractivity contribution in [3.8, 4) is 5.69 Å². The number of aromatic nitrogens is 4. The summed E-state index contributed by atoms with van der Waals surface area (Å²) in [7, 11) is 0. The second-order valence-corrected chi connectivity index (χ2v) is 8.08. The SMILES string of the molecule is Cc1ccc(C(=O)/C(=C/Nc2cc(Cl)ccc2C(=O)O)c2nnnn2-c2ccc(C)cc2)cc1. The number of nitrogens with zero attached hydrogens (tertiary/aromatic N) is 4. The van der Waals surface area contributed by atoms with Crippen LogP contribution in [0.3, 0.4) is 0 Å². The minimum Gasteiger partial charge on any atom is -0.478 e. The molecule has 0 aliphatic heterocycles. The van der Waals surface area contributed by atoms with Gasteiger partial charge in [-0.2, -0.15) is 4.68 Å². The minimum atomic E-state index is -1.14. The van der Waals surface area contributed by atoms with E-state index in [0.29, 0.717) is 16.3 Å². The molecule has 0 aliphatic rings. The Morgan fingerprint density at radius 1 is 0.971 bits per heavy atom. The third kappa shape index (κ3) is 4.87. The zero-order chi connectivity index (χ0) is 24.2. The van der Waals surface area contributed by atoms with Crippen LogP contribution in [0.4, 0.5) is 5.69 Å². The molecular formula is C25H20ClN5O3. The molecule has 0 aliphatic carbocycles. The summed E-state index contributed by atoms with van der Waals surface area (Å²) < 4.78 is 1.45. The van der Waals surface area contributed by atoms with Gasteiger partial charge in [-0.3, -0.25) is 4.79 Å². The molecule has 0 bridgehead atoms. The molecule has 0 atom stereocenters. The van der Waals surface area contributed by atoms with Crippen molar-refractivity contribution in [2.75, 3.05) is 5.32 Å². The third-order valence-corrected chi connectivity index (χ3v) is 5.37. The van der Waals surface area contributed by atoms with Crippen LogP contribution in [0.5, 0.6) is 0 Å². The van der Waals surface area contributed by atoms with Gasteiger partial charge in [0.1, 0.15) is 0 Å². The van der Waals surface area contributed by atoms with Crippen LogP contribution in [0, 0.1) is 13.8 Å². The van der Waals surface area contributed by atoms with E-state index in [2.05, 4.69) is 20.8 Å². The number of carboxylic acids is 1. The van der Waals surface area contributed by atoms with Crippen LogP contribution in [-0.2, 0) is 0 Å². The molecule has 0 saturated carbocycles. The third-order valence-electron chi connectivity index (χ3n) is 5.13. The molecule has 1 aromatic heterocycles. The van der Waals surface area contributed by atoms with Crippen molar-refractivity contribution in [1.82, 2.24) is 20.2 Å². The molecule has 2 N–H and O–H groups in total. The standard InChI is InChI=1S/C25H20ClN5O3/c1-15-3-7-17(8-4-15)23(32)21(14-27-22-13-18(26)9-12-20(22)25(33)34)24-28-29-30-31(24)19-10-5-16(2)6-11-19/h3-14,27H,1-2H3,(H,33,34)/b21-14-. The van der Waals surface area contributed by atoms with Crippen molar-refractivity contribution in [1.29, 1.82) is 0 Å². The Morgan fingerprint density at radius 3 is 2.26 bits per heavy atom. The van der Waals surface area contributed by atoms with E-state index in [9.17, 15) is 14.7 Å². The summed E-state index contributed by atoms with van der Waals surface area (Å²) in [6, 6.07) is 19.0. The first-order valence-electron chi connectivity index (χ1n) is 10.3. The maximum Gasteiger partial charge on any atom is 0.337 e. The number of carbonyl (C=O) groups is 2. The van der Waals surface area contributed by atoms with E-state index in [-0.39, 0.29) is 28.4 Å². The number of carbonyl (C=O) groups excluding carboxylic acids is 1. The smallest absolute Gasteiger partial charge is 0.337 e. The van der Waals surface area contributed by atoms with Crippen molar-refractivity contribution < 1.29 is 14.7 Å². The Bertz CT molecular complexity index is 1390. The van der Waals surface area contributed by atoms with Crippen molar-refractivity contribution in [2.24, 2.45) is 0 Å². The van der Waals surface area contributed by atoms with E-state index in [1.54, 1.807) is 12.1 Å². The van der Waals surface area contributed by atoms with Gasteiger partial charge in [-0.1, -0.05) is 59.1 Å². The number of rotatable bonds is 7. The number of halogens is 1. The number of tetrazole rings is 1. The number of nitrogens with one attached hydrogen (secondary N) is 1. The van der Waals surface area contributed by atoms with E-state index in [4.69, 9.17) is 11.6 Å². The second kappa shape index (κ2) is 9.68. The summed E-state index contributed by atoms with van der Waals surface area (Å²) >= 11 is 6.07. The Kier molecular flexibility index (Phi) is 6.51. The number of Topliss-reactive ketones (excluding diaryl/α,β-unsaturated/α-hetero) is 1. The number of benzene rings is 3. The molecule has 170 valence electrons. The first kappa shape index (κ1) is 22.9. The number of hydrogen-bond acceptors (Lipinski definition) is 6. The van der Waals surface area contributed by atoms with Crippen LogP contribution in [0.1, 0.15) is 37.7 Å². The number of allylic oxidation sites excluding steroid dienone is 1. The zero-order valence-corrected chi connectivity index (χ0v) is 19.1. The lowest BCUT2D eigenvalue weighted by Gasteiger charge is -2.11. The fraction of sp³-hybridized carbons (Fsp3) is 0.0800.